The van der Waals surface area contributed by atoms with Gasteiger partial charge in [0.2, 0.25) is 0 Å². The van der Waals surface area contributed by atoms with Crippen molar-refractivity contribution in [3.05, 3.63) is 58.9 Å². The molecule has 2 aromatic heterocycles. The van der Waals surface area contributed by atoms with Gasteiger partial charge in [0.05, 0.1) is 11.6 Å². The molecule has 0 spiro atoms. The summed E-state index contributed by atoms with van der Waals surface area (Å²) in [6, 6.07) is 9.21. The van der Waals surface area contributed by atoms with Gasteiger partial charge in [-0.1, -0.05) is 12.1 Å². The fourth-order valence-electron chi connectivity index (χ4n) is 1.87. The third-order valence-electron chi connectivity index (χ3n) is 2.77. The second-order valence-electron chi connectivity index (χ2n) is 3.82. The Bertz CT molecular complexity index is 805. The van der Waals surface area contributed by atoms with Crippen LogP contribution in [0.5, 0.6) is 0 Å². The van der Waals surface area contributed by atoms with Gasteiger partial charge < -0.3 is 4.98 Å². The normalized spacial score (nSPS) is 10.4. The highest BCUT2D eigenvalue weighted by Gasteiger charge is 2.07. The number of hydrogen-bond donors (Lipinski definition) is 1. The molecule has 0 saturated carbocycles. The SMILES string of the molecule is N#Cc1ccc(-c2c[nH]c(=O)n3ccnc23)cc1. The summed E-state index contributed by atoms with van der Waals surface area (Å²) in [6.45, 7) is 0. The number of imidazole rings is 1. The highest BCUT2D eigenvalue weighted by atomic mass is 16.1. The predicted octanol–water partition coefficient (Wildman–Crippen LogP) is 1.56. The Balaban J connectivity index is 2.25. The number of H-pyrrole nitrogens is 1. The standard InChI is InChI=1S/C13H8N4O/c14-7-9-1-3-10(4-2-9)11-8-16-13(18)17-6-5-15-12(11)17/h1-6,8H,(H,16,18). The maximum Gasteiger partial charge on any atom is 0.331 e. The van der Waals surface area contributed by atoms with Crippen LogP contribution < -0.4 is 5.69 Å². The molecule has 0 amide bonds. The van der Waals surface area contributed by atoms with E-state index in [9.17, 15) is 4.79 Å². The molecule has 0 saturated heterocycles. The minimum atomic E-state index is -0.222. The first kappa shape index (κ1) is 10.3. The Morgan fingerprint density at radius 3 is 2.78 bits per heavy atom. The van der Waals surface area contributed by atoms with Gasteiger partial charge in [0.1, 0.15) is 5.65 Å². The van der Waals surface area contributed by atoms with Crippen LogP contribution in [0.2, 0.25) is 0 Å². The molecule has 0 aliphatic rings. The van der Waals surface area contributed by atoms with Crippen molar-refractivity contribution in [1.29, 1.82) is 5.26 Å². The summed E-state index contributed by atoms with van der Waals surface area (Å²) in [7, 11) is 0. The lowest BCUT2D eigenvalue weighted by molar-refractivity contribution is 1.01. The number of nitriles is 1. The summed E-state index contributed by atoms with van der Waals surface area (Å²) in [5.74, 6) is 0. The summed E-state index contributed by atoms with van der Waals surface area (Å²) in [6.07, 6.45) is 4.82. The van der Waals surface area contributed by atoms with E-state index >= 15 is 0 Å². The van der Waals surface area contributed by atoms with Crippen LogP contribution in [0.3, 0.4) is 0 Å². The molecule has 0 bridgehead atoms. The number of fused-ring (bicyclic) bond motifs is 1. The van der Waals surface area contributed by atoms with Gasteiger partial charge >= 0.3 is 5.69 Å². The molecule has 18 heavy (non-hydrogen) atoms. The predicted molar refractivity (Wildman–Crippen MR) is 66.0 cm³/mol. The van der Waals surface area contributed by atoms with E-state index in [-0.39, 0.29) is 5.69 Å². The van der Waals surface area contributed by atoms with E-state index in [1.807, 2.05) is 12.1 Å². The van der Waals surface area contributed by atoms with Crippen LogP contribution in [0.1, 0.15) is 5.56 Å². The molecule has 1 N–H and O–H groups in total. The number of nitrogens with one attached hydrogen (secondary N) is 1. The number of rotatable bonds is 1. The largest absolute Gasteiger partial charge is 0.331 e. The van der Waals surface area contributed by atoms with E-state index in [2.05, 4.69) is 16.0 Å². The van der Waals surface area contributed by atoms with Crippen molar-refractivity contribution >= 4 is 5.65 Å². The van der Waals surface area contributed by atoms with E-state index in [0.29, 0.717) is 11.2 Å². The molecule has 0 aliphatic carbocycles. The number of hydrogen-bond acceptors (Lipinski definition) is 3. The number of benzene rings is 1. The van der Waals surface area contributed by atoms with Crippen LogP contribution in [0.25, 0.3) is 16.8 Å². The van der Waals surface area contributed by atoms with Crippen molar-refractivity contribution in [2.75, 3.05) is 0 Å². The molecule has 0 atom stereocenters. The van der Waals surface area contributed by atoms with Gasteiger partial charge in [-0.05, 0) is 17.7 Å². The summed E-state index contributed by atoms with van der Waals surface area (Å²) in [5, 5.41) is 8.76. The first-order valence-electron chi connectivity index (χ1n) is 5.35. The maximum absolute atomic E-state index is 11.5. The van der Waals surface area contributed by atoms with Crippen molar-refractivity contribution in [3.63, 3.8) is 0 Å². The third kappa shape index (κ3) is 1.48. The molecule has 3 rings (SSSR count). The first-order chi connectivity index (χ1) is 8.79. The molecule has 3 aromatic rings. The van der Waals surface area contributed by atoms with E-state index in [1.165, 1.54) is 4.40 Å². The lowest BCUT2D eigenvalue weighted by atomic mass is 10.1. The lowest BCUT2D eigenvalue weighted by Crippen LogP contribution is -2.15. The second-order valence-corrected chi connectivity index (χ2v) is 3.82. The van der Waals surface area contributed by atoms with Crippen LogP contribution in [0.15, 0.2) is 47.7 Å². The van der Waals surface area contributed by atoms with E-state index < -0.39 is 0 Å². The van der Waals surface area contributed by atoms with Gasteiger partial charge in [-0.2, -0.15) is 5.26 Å². The molecular formula is C13H8N4O. The Kier molecular flexibility index (Phi) is 2.21. The Labute approximate surface area is 102 Å². The van der Waals surface area contributed by atoms with Crippen molar-refractivity contribution < 1.29 is 0 Å². The zero-order valence-corrected chi connectivity index (χ0v) is 9.29. The van der Waals surface area contributed by atoms with Crippen LogP contribution in [-0.4, -0.2) is 14.4 Å². The molecule has 0 fully saturated rings. The van der Waals surface area contributed by atoms with Crippen LogP contribution in [0, 0.1) is 11.3 Å². The fraction of sp³-hybridized carbons (Fsp3) is 0. The third-order valence-corrected chi connectivity index (χ3v) is 2.77. The Hall–Kier alpha value is -2.87. The molecule has 5 heteroatoms. The van der Waals surface area contributed by atoms with Crippen molar-refractivity contribution in [2.24, 2.45) is 0 Å². The molecule has 0 unspecified atom stereocenters. The monoisotopic (exact) mass is 236 g/mol. The Morgan fingerprint density at radius 2 is 2.06 bits per heavy atom. The average molecular weight is 236 g/mol. The fourth-order valence-corrected chi connectivity index (χ4v) is 1.87. The van der Waals surface area contributed by atoms with E-state index in [1.54, 1.807) is 30.7 Å². The van der Waals surface area contributed by atoms with E-state index in [0.717, 1.165) is 11.1 Å². The van der Waals surface area contributed by atoms with E-state index in [4.69, 9.17) is 5.26 Å². The highest BCUT2D eigenvalue weighted by Crippen LogP contribution is 2.21. The van der Waals surface area contributed by atoms with Gasteiger partial charge in [-0.25, -0.2) is 9.78 Å². The average Bonchev–Trinajstić information content (AvgIpc) is 2.90. The van der Waals surface area contributed by atoms with Gasteiger partial charge in [0, 0.05) is 24.2 Å². The molecule has 2 heterocycles. The first-order valence-corrected chi connectivity index (χ1v) is 5.35. The van der Waals surface area contributed by atoms with Crippen molar-refractivity contribution in [3.8, 4) is 17.2 Å². The molecule has 0 radical (unpaired) electrons. The summed E-state index contributed by atoms with van der Waals surface area (Å²) < 4.78 is 1.45. The van der Waals surface area contributed by atoms with Crippen molar-refractivity contribution in [2.45, 2.75) is 0 Å². The molecule has 86 valence electrons. The highest BCUT2D eigenvalue weighted by molar-refractivity contribution is 5.76. The molecule has 5 nitrogen and oxygen atoms in total. The van der Waals surface area contributed by atoms with Gasteiger partial charge in [-0.3, -0.25) is 4.40 Å². The topological polar surface area (TPSA) is 74.0 Å². The smallest absolute Gasteiger partial charge is 0.313 e. The van der Waals surface area contributed by atoms with Gasteiger partial charge in [0.15, 0.2) is 0 Å². The van der Waals surface area contributed by atoms with Gasteiger partial charge in [0.25, 0.3) is 0 Å². The molecule has 1 aromatic carbocycles. The minimum absolute atomic E-state index is 0.222. The second kappa shape index (κ2) is 3.86. The maximum atomic E-state index is 11.5. The van der Waals surface area contributed by atoms with Crippen molar-refractivity contribution in [1.82, 2.24) is 14.4 Å². The molecular weight excluding hydrogens is 228 g/mol. The quantitative estimate of drug-likeness (QED) is 0.696. The summed E-state index contributed by atoms with van der Waals surface area (Å²) in [5.41, 5.74) is 2.71. The lowest BCUT2D eigenvalue weighted by Gasteiger charge is -2.03. The zero-order chi connectivity index (χ0) is 12.5. The Morgan fingerprint density at radius 1 is 1.28 bits per heavy atom. The number of nitrogens with zero attached hydrogens (tertiary/aromatic N) is 3. The zero-order valence-electron chi connectivity index (χ0n) is 9.29. The number of aromatic amines is 1. The summed E-state index contributed by atoms with van der Waals surface area (Å²) >= 11 is 0. The number of aromatic nitrogens is 3. The van der Waals surface area contributed by atoms with Gasteiger partial charge in [-0.15, -0.1) is 0 Å². The summed E-state index contributed by atoms with van der Waals surface area (Å²) in [4.78, 5) is 18.4. The van der Waals surface area contributed by atoms with Crippen LogP contribution in [-0.2, 0) is 0 Å². The minimum Gasteiger partial charge on any atom is -0.313 e. The van der Waals surface area contributed by atoms with Crippen LogP contribution in [0.4, 0.5) is 0 Å². The molecule has 0 aliphatic heterocycles. The van der Waals surface area contributed by atoms with Crippen LogP contribution >= 0.6 is 0 Å².